The van der Waals surface area contributed by atoms with Gasteiger partial charge in [-0.1, -0.05) is 0 Å². The first-order chi connectivity index (χ1) is 4.13. The van der Waals surface area contributed by atoms with Crippen molar-refractivity contribution in [2.24, 2.45) is 5.73 Å². The molecule has 0 fully saturated rings. The molecule has 0 saturated heterocycles. The zero-order valence-corrected chi connectivity index (χ0v) is 6.36. The van der Waals surface area contributed by atoms with Crippen LogP contribution in [0.2, 0.25) is 0 Å². The molecule has 0 heterocycles. The van der Waals surface area contributed by atoms with Crippen molar-refractivity contribution in [2.75, 3.05) is 0 Å². The Hall–Kier alpha value is -0.140. The van der Waals surface area contributed by atoms with Crippen LogP contribution in [0.3, 0.4) is 0 Å². The summed E-state index contributed by atoms with van der Waals surface area (Å²) in [5.74, 6) is -0.704. The Morgan fingerprint density at radius 1 is 1.78 bits per heavy atom. The minimum absolute atomic E-state index is 0.0457. The second kappa shape index (κ2) is 4.71. The van der Waals surface area contributed by atoms with Gasteiger partial charge in [0.15, 0.2) is 0 Å². The molecule has 0 aliphatic rings. The van der Waals surface area contributed by atoms with Crippen molar-refractivity contribution >= 4 is 15.2 Å². The molecular weight excluding hydrogens is 137 g/mol. The third-order valence-electron chi connectivity index (χ3n) is 0.928. The fourth-order valence-electron chi connectivity index (χ4n) is 0.489. The molecule has 3 N–H and O–H groups in total. The van der Waals surface area contributed by atoms with E-state index in [1.807, 2.05) is 0 Å². The fraction of sp³-hybridized carbons (Fsp3) is 0.800. The first kappa shape index (κ1) is 8.86. The molecular formula is C5H12NO2P. The van der Waals surface area contributed by atoms with Crippen LogP contribution in [0.4, 0.5) is 0 Å². The first-order valence-corrected chi connectivity index (χ1v) is 3.52. The molecule has 0 aromatic rings. The van der Waals surface area contributed by atoms with Crippen LogP contribution >= 0.6 is 9.24 Å². The molecule has 3 nitrogen and oxygen atoms in total. The smallest absolute Gasteiger partial charge is 0.303 e. The molecule has 54 valence electrons. The summed E-state index contributed by atoms with van der Waals surface area (Å²) < 4.78 is 0. The van der Waals surface area contributed by atoms with Crippen LogP contribution in [0.5, 0.6) is 0 Å². The summed E-state index contributed by atoms with van der Waals surface area (Å²) in [5, 5.41) is 8.18. The van der Waals surface area contributed by atoms with Crippen molar-refractivity contribution in [3.05, 3.63) is 0 Å². The van der Waals surface area contributed by atoms with Gasteiger partial charge in [-0.3, -0.25) is 4.79 Å². The lowest BCUT2D eigenvalue weighted by Crippen LogP contribution is -2.10. The molecule has 0 radical (unpaired) electrons. The molecule has 4 heteroatoms. The van der Waals surface area contributed by atoms with Crippen molar-refractivity contribution < 1.29 is 9.90 Å². The molecule has 1 unspecified atom stereocenters. The van der Waals surface area contributed by atoms with Gasteiger partial charge >= 0.3 is 5.97 Å². The first-order valence-electron chi connectivity index (χ1n) is 2.86. The minimum atomic E-state index is -0.749. The highest BCUT2D eigenvalue weighted by Gasteiger charge is 1.97. The molecule has 9 heavy (non-hydrogen) atoms. The van der Waals surface area contributed by atoms with E-state index in [9.17, 15) is 4.79 Å². The van der Waals surface area contributed by atoms with Crippen LogP contribution in [0.25, 0.3) is 0 Å². The van der Waals surface area contributed by atoms with Gasteiger partial charge in [0, 0.05) is 12.2 Å². The van der Waals surface area contributed by atoms with Gasteiger partial charge in [0.05, 0.1) is 0 Å². The summed E-state index contributed by atoms with van der Waals surface area (Å²) in [5.41, 5.74) is 5.35. The standard InChI is InChI=1S/C5H12NO2P/c6-4(9)2-1-3-5(7)8/h4H,1-3,6,9H2,(H,7,8)/t4-/m1/s1. The summed E-state index contributed by atoms with van der Waals surface area (Å²) in [6, 6.07) is 0. The average Bonchev–Trinajstić information content (AvgIpc) is 1.63. The third kappa shape index (κ3) is 7.86. The quantitative estimate of drug-likeness (QED) is 0.569. The highest BCUT2D eigenvalue weighted by Crippen LogP contribution is 2.03. The molecule has 0 amide bonds. The van der Waals surface area contributed by atoms with Gasteiger partial charge in [0.2, 0.25) is 0 Å². The maximum absolute atomic E-state index is 9.93. The predicted octanol–water partition coefficient (Wildman–Crippen LogP) is 0.401. The summed E-state index contributed by atoms with van der Waals surface area (Å²) >= 11 is 0. The summed E-state index contributed by atoms with van der Waals surface area (Å²) in [6.45, 7) is 0. The molecule has 0 bridgehead atoms. The summed E-state index contributed by atoms with van der Waals surface area (Å²) in [7, 11) is 2.42. The number of carboxylic acid groups (broad SMARTS) is 1. The highest BCUT2D eigenvalue weighted by atomic mass is 31.0. The maximum atomic E-state index is 9.93. The molecule has 0 aliphatic heterocycles. The van der Waals surface area contributed by atoms with Crippen LogP contribution in [0.15, 0.2) is 0 Å². The molecule has 0 aliphatic carbocycles. The Labute approximate surface area is 56.8 Å². The monoisotopic (exact) mass is 149 g/mol. The second-order valence-electron chi connectivity index (χ2n) is 1.95. The van der Waals surface area contributed by atoms with Gasteiger partial charge in [-0.15, -0.1) is 9.24 Å². The van der Waals surface area contributed by atoms with E-state index in [4.69, 9.17) is 10.8 Å². The Morgan fingerprint density at radius 3 is 2.67 bits per heavy atom. The lowest BCUT2D eigenvalue weighted by atomic mass is 10.2. The Bertz CT molecular complexity index is 95.0. The SMILES string of the molecule is N[C@H](P)CCCC(=O)O. The fourth-order valence-corrected chi connectivity index (χ4v) is 0.725. The van der Waals surface area contributed by atoms with Gasteiger partial charge in [-0.25, -0.2) is 0 Å². The molecule has 0 aromatic heterocycles. The van der Waals surface area contributed by atoms with E-state index in [1.54, 1.807) is 0 Å². The largest absolute Gasteiger partial charge is 0.481 e. The van der Waals surface area contributed by atoms with Crippen molar-refractivity contribution in [1.29, 1.82) is 0 Å². The zero-order chi connectivity index (χ0) is 7.28. The lowest BCUT2D eigenvalue weighted by molar-refractivity contribution is -0.137. The van der Waals surface area contributed by atoms with Crippen LogP contribution in [0.1, 0.15) is 19.3 Å². The molecule has 0 spiro atoms. The number of carboxylic acids is 1. The number of nitrogens with two attached hydrogens (primary N) is 1. The Kier molecular flexibility index (Phi) is 4.64. The number of carbonyl (C=O) groups is 1. The molecule has 0 aromatic carbocycles. The van der Waals surface area contributed by atoms with E-state index in [2.05, 4.69) is 9.24 Å². The zero-order valence-electron chi connectivity index (χ0n) is 5.21. The van der Waals surface area contributed by atoms with Crippen LogP contribution < -0.4 is 5.73 Å². The highest BCUT2D eigenvalue weighted by molar-refractivity contribution is 7.17. The second-order valence-corrected chi connectivity index (χ2v) is 2.81. The van der Waals surface area contributed by atoms with Crippen molar-refractivity contribution in [1.82, 2.24) is 0 Å². The van der Waals surface area contributed by atoms with Gasteiger partial charge in [-0.2, -0.15) is 0 Å². The van der Waals surface area contributed by atoms with E-state index in [0.717, 1.165) is 6.42 Å². The number of rotatable bonds is 4. The normalized spacial score (nSPS) is 13.1. The van der Waals surface area contributed by atoms with E-state index in [0.29, 0.717) is 6.42 Å². The summed E-state index contributed by atoms with van der Waals surface area (Å²) in [4.78, 5) is 9.93. The van der Waals surface area contributed by atoms with Gasteiger partial charge < -0.3 is 10.8 Å². The van der Waals surface area contributed by atoms with Gasteiger partial charge in [0.1, 0.15) is 0 Å². The Balaban J connectivity index is 3.01. The maximum Gasteiger partial charge on any atom is 0.303 e. The predicted molar refractivity (Wildman–Crippen MR) is 39.2 cm³/mol. The Morgan fingerprint density at radius 2 is 2.33 bits per heavy atom. The van der Waals surface area contributed by atoms with E-state index < -0.39 is 5.97 Å². The van der Waals surface area contributed by atoms with Crippen molar-refractivity contribution in [3.63, 3.8) is 0 Å². The van der Waals surface area contributed by atoms with Gasteiger partial charge in [0.25, 0.3) is 0 Å². The number of aliphatic carboxylic acids is 1. The minimum Gasteiger partial charge on any atom is -0.481 e. The van der Waals surface area contributed by atoms with E-state index in [1.165, 1.54) is 0 Å². The van der Waals surface area contributed by atoms with Crippen LogP contribution in [0, 0.1) is 0 Å². The third-order valence-corrected chi connectivity index (χ3v) is 1.26. The average molecular weight is 149 g/mol. The molecule has 2 atom stereocenters. The van der Waals surface area contributed by atoms with Crippen molar-refractivity contribution in [3.8, 4) is 0 Å². The molecule has 0 saturated carbocycles. The van der Waals surface area contributed by atoms with Gasteiger partial charge in [-0.05, 0) is 12.8 Å². The van der Waals surface area contributed by atoms with Crippen molar-refractivity contribution in [2.45, 2.75) is 25.0 Å². The van der Waals surface area contributed by atoms with Crippen LogP contribution in [-0.4, -0.2) is 16.9 Å². The van der Waals surface area contributed by atoms with Crippen LogP contribution in [-0.2, 0) is 4.79 Å². The topological polar surface area (TPSA) is 63.3 Å². The number of hydrogen-bond acceptors (Lipinski definition) is 2. The molecule has 0 rings (SSSR count). The van der Waals surface area contributed by atoms with E-state index >= 15 is 0 Å². The summed E-state index contributed by atoms with van der Waals surface area (Å²) in [6.07, 6.45) is 1.65. The number of hydrogen-bond donors (Lipinski definition) is 2. The lowest BCUT2D eigenvalue weighted by Gasteiger charge is -2.00. The van der Waals surface area contributed by atoms with E-state index in [-0.39, 0.29) is 12.2 Å².